The fraction of sp³-hybridized carbons (Fsp3) is 0.462. The van der Waals surface area contributed by atoms with Crippen molar-refractivity contribution in [3.8, 4) is 5.75 Å². The minimum atomic E-state index is -1.11. The van der Waals surface area contributed by atoms with Crippen molar-refractivity contribution in [2.45, 2.75) is 31.8 Å². The van der Waals surface area contributed by atoms with Crippen molar-refractivity contribution >= 4 is 5.97 Å². The van der Waals surface area contributed by atoms with Crippen molar-refractivity contribution < 1.29 is 23.8 Å². The molecule has 1 aromatic rings. The molecule has 18 heavy (non-hydrogen) atoms. The molecule has 0 unspecified atom stereocenters. The van der Waals surface area contributed by atoms with Gasteiger partial charge in [-0.1, -0.05) is 12.8 Å². The van der Waals surface area contributed by atoms with Crippen LogP contribution in [-0.4, -0.2) is 24.0 Å². The third-order valence-electron chi connectivity index (χ3n) is 3.00. The second-order valence-corrected chi connectivity index (χ2v) is 4.29. The van der Waals surface area contributed by atoms with E-state index in [9.17, 15) is 9.18 Å². The molecule has 98 valence electrons. The molecule has 4 nitrogen and oxygen atoms in total. The molecule has 0 spiro atoms. The van der Waals surface area contributed by atoms with Gasteiger partial charge < -0.3 is 14.6 Å². The average molecular weight is 254 g/mol. The van der Waals surface area contributed by atoms with E-state index in [0.29, 0.717) is 0 Å². The standard InChI is InChI=1S/C13H15FO4/c14-11-6-5-9(13(15)16)7-12(11)18-8-17-10-3-1-2-4-10/h5-7,10H,1-4,8H2,(H,15,16). The maximum absolute atomic E-state index is 13.4. The Kier molecular flexibility index (Phi) is 4.15. The van der Waals surface area contributed by atoms with E-state index in [4.69, 9.17) is 14.6 Å². The van der Waals surface area contributed by atoms with Crippen LogP contribution in [0.3, 0.4) is 0 Å². The van der Waals surface area contributed by atoms with E-state index < -0.39 is 11.8 Å². The van der Waals surface area contributed by atoms with Crippen molar-refractivity contribution in [1.29, 1.82) is 0 Å². The van der Waals surface area contributed by atoms with Gasteiger partial charge in [0.25, 0.3) is 0 Å². The minimum absolute atomic E-state index is 0.00716. The molecule has 1 aromatic carbocycles. The van der Waals surface area contributed by atoms with Crippen LogP contribution < -0.4 is 4.74 Å². The quantitative estimate of drug-likeness (QED) is 0.821. The van der Waals surface area contributed by atoms with E-state index in [-0.39, 0.29) is 24.2 Å². The Morgan fingerprint density at radius 2 is 2.11 bits per heavy atom. The number of halogens is 1. The molecule has 1 fully saturated rings. The summed E-state index contributed by atoms with van der Waals surface area (Å²) in [6, 6.07) is 3.44. The summed E-state index contributed by atoms with van der Waals surface area (Å²) in [6.07, 6.45) is 4.47. The normalized spacial score (nSPS) is 15.8. The zero-order valence-corrected chi connectivity index (χ0v) is 9.89. The van der Waals surface area contributed by atoms with Gasteiger partial charge in [0.05, 0.1) is 11.7 Å². The van der Waals surface area contributed by atoms with Crippen molar-refractivity contribution in [3.05, 3.63) is 29.6 Å². The Bertz CT molecular complexity index is 427. The Balaban J connectivity index is 1.91. The van der Waals surface area contributed by atoms with Crippen LogP contribution in [0.5, 0.6) is 5.75 Å². The summed E-state index contributed by atoms with van der Waals surface area (Å²) in [6.45, 7) is -0.0509. The first kappa shape index (κ1) is 12.8. The first-order chi connectivity index (χ1) is 8.66. The number of carboxylic acid groups (broad SMARTS) is 1. The fourth-order valence-corrected chi connectivity index (χ4v) is 2.00. The number of rotatable bonds is 5. The summed E-state index contributed by atoms with van der Waals surface area (Å²) in [4.78, 5) is 10.7. The molecule has 0 radical (unpaired) electrons. The van der Waals surface area contributed by atoms with E-state index in [0.717, 1.165) is 37.8 Å². The first-order valence-electron chi connectivity index (χ1n) is 5.94. The third-order valence-corrected chi connectivity index (χ3v) is 3.00. The molecular weight excluding hydrogens is 239 g/mol. The smallest absolute Gasteiger partial charge is 0.335 e. The fourth-order valence-electron chi connectivity index (χ4n) is 2.00. The predicted molar refractivity (Wildman–Crippen MR) is 62.2 cm³/mol. The molecule has 0 aromatic heterocycles. The topological polar surface area (TPSA) is 55.8 Å². The predicted octanol–water partition coefficient (Wildman–Crippen LogP) is 2.82. The number of hydrogen-bond donors (Lipinski definition) is 1. The van der Waals surface area contributed by atoms with Crippen LogP contribution in [0.4, 0.5) is 4.39 Å². The van der Waals surface area contributed by atoms with Crippen molar-refractivity contribution in [1.82, 2.24) is 0 Å². The highest BCUT2D eigenvalue weighted by Gasteiger charge is 2.16. The van der Waals surface area contributed by atoms with Crippen LogP contribution in [0, 0.1) is 5.82 Å². The Hall–Kier alpha value is -1.62. The van der Waals surface area contributed by atoms with Gasteiger partial charge in [-0.3, -0.25) is 0 Å². The van der Waals surface area contributed by atoms with Crippen molar-refractivity contribution in [3.63, 3.8) is 0 Å². The van der Waals surface area contributed by atoms with Crippen LogP contribution in [0.15, 0.2) is 18.2 Å². The maximum Gasteiger partial charge on any atom is 0.335 e. The van der Waals surface area contributed by atoms with Crippen LogP contribution in [0.2, 0.25) is 0 Å². The number of ether oxygens (including phenoxy) is 2. The zero-order chi connectivity index (χ0) is 13.0. The van der Waals surface area contributed by atoms with Gasteiger partial charge in [-0.2, -0.15) is 0 Å². The van der Waals surface area contributed by atoms with Crippen LogP contribution in [0.25, 0.3) is 0 Å². The molecule has 0 heterocycles. The van der Waals surface area contributed by atoms with Crippen molar-refractivity contribution in [2.75, 3.05) is 6.79 Å². The molecule has 1 saturated carbocycles. The third kappa shape index (κ3) is 3.20. The van der Waals surface area contributed by atoms with E-state index in [1.807, 2.05) is 0 Å². The molecule has 5 heteroatoms. The van der Waals surface area contributed by atoms with E-state index >= 15 is 0 Å². The summed E-state index contributed by atoms with van der Waals surface area (Å²) < 4.78 is 23.9. The first-order valence-corrected chi connectivity index (χ1v) is 5.94. The molecule has 0 atom stereocenters. The summed E-state index contributed by atoms with van der Waals surface area (Å²) in [5, 5.41) is 8.79. The molecular formula is C13H15FO4. The number of hydrogen-bond acceptors (Lipinski definition) is 3. The second kappa shape index (κ2) is 5.82. The Labute approximate surface area is 104 Å². The SMILES string of the molecule is O=C(O)c1ccc(F)c(OCOC2CCCC2)c1. The number of aromatic carboxylic acids is 1. The summed E-state index contributed by atoms with van der Waals surface area (Å²) in [7, 11) is 0. The van der Waals surface area contributed by atoms with E-state index in [1.165, 1.54) is 6.07 Å². The lowest BCUT2D eigenvalue weighted by molar-refractivity contribution is -0.0340. The average Bonchev–Trinajstić information content (AvgIpc) is 2.84. The minimum Gasteiger partial charge on any atom is -0.478 e. The lowest BCUT2D eigenvalue weighted by Gasteiger charge is -2.12. The van der Waals surface area contributed by atoms with Gasteiger partial charge in [0.1, 0.15) is 0 Å². The largest absolute Gasteiger partial charge is 0.478 e. The van der Waals surface area contributed by atoms with Crippen LogP contribution in [0.1, 0.15) is 36.0 Å². The Morgan fingerprint density at radius 1 is 1.39 bits per heavy atom. The van der Waals surface area contributed by atoms with Crippen LogP contribution in [-0.2, 0) is 4.74 Å². The summed E-state index contributed by atoms with van der Waals surface area (Å²) in [5.41, 5.74) is -0.00716. The molecule has 2 rings (SSSR count). The van der Waals surface area contributed by atoms with Gasteiger partial charge in [-0.25, -0.2) is 9.18 Å². The van der Waals surface area contributed by atoms with E-state index in [1.54, 1.807) is 0 Å². The number of carbonyl (C=O) groups is 1. The highest BCUT2D eigenvalue weighted by atomic mass is 19.1. The molecule has 0 saturated heterocycles. The summed E-state index contributed by atoms with van der Waals surface area (Å²) in [5.74, 6) is -1.79. The lowest BCUT2D eigenvalue weighted by Crippen LogP contribution is -2.13. The van der Waals surface area contributed by atoms with Crippen LogP contribution >= 0.6 is 0 Å². The van der Waals surface area contributed by atoms with Gasteiger partial charge in [0, 0.05) is 0 Å². The van der Waals surface area contributed by atoms with Gasteiger partial charge in [-0.05, 0) is 31.0 Å². The highest BCUT2D eigenvalue weighted by Crippen LogP contribution is 2.22. The molecule has 0 bridgehead atoms. The van der Waals surface area contributed by atoms with Gasteiger partial charge in [0.15, 0.2) is 18.4 Å². The van der Waals surface area contributed by atoms with Gasteiger partial charge in [0.2, 0.25) is 0 Å². The molecule has 1 aliphatic rings. The number of benzene rings is 1. The number of carboxylic acids is 1. The maximum atomic E-state index is 13.4. The monoisotopic (exact) mass is 254 g/mol. The van der Waals surface area contributed by atoms with Crippen molar-refractivity contribution in [2.24, 2.45) is 0 Å². The summed E-state index contributed by atoms with van der Waals surface area (Å²) >= 11 is 0. The Morgan fingerprint density at radius 3 is 2.78 bits per heavy atom. The lowest BCUT2D eigenvalue weighted by atomic mass is 10.2. The molecule has 0 aliphatic heterocycles. The highest BCUT2D eigenvalue weighted by molar-refractivity contribution is 5.88. The molecule has 0 amide bonds. The van der Waals surface area contributed by atoms with Gasteiger partial charge >= 0.3 is 5.97 Å². The molecule has 1 aliphatic carbocycles. The zero-order valence-electron chi connectivity index (χ0n) is 9.89. The van der Waals surface area contributed by atoms with Gasteiger partial charge in [-0.15, -0.1) is 0 Å². The molecule has 1 N–H and O–H groups in total. The van der Waals surface area contributed by atoms with E-state index in [2.05, 4.69) is 0 Å². The second-order valence-electron chi connectivity index (χ2n) is 4.29.